The third kappa shape index (κ3) is 6.66. The Morgan fingerprint density at radius 3 is 2.69 bits per heavy atom. The van der Waals surface area contributed by atoms with Crippen molar-refractivity contribution in [1.82, 2.24) is 15.5 Å². The first kappa shape index (κ1) is 24.9. The second-order valence-corrected chi connectivity index (χ2v) is 9.56. The standard InChI is InChI=1S/C27H33FN4O3/c1-18(33)21-5-2-6-23(15-21)30-27(35)31-25-11-12-29-16-24(25)26(34)32-13-3-4-20(17-32)14-19-7-9-22(28)10-8-19/h2,5-10,15,20,24-25,29H,3-4,11-14,16-17H2,1H3,(H2,30,31,35)/t20-,24+,25+/m0/s1. The first-order valence-corrected chi connectivity index (χ1v) is 12.3. The number of nitrogens with zero attached hydrogens (tertiary/aromatic N) is 1. The number of rotatable bonds is 6. The number of hydrogen-bond acceptors (Lipinski definition) is 4. The van der Waals surface area contributed by atoms with Crippen LogP contribution >= 0.6 is 0 Å². The molecular weight excluding hydrogens is 447 g/mol. The zero-order chi connectivity index (χ0) is 24.8. The molecule has 2 heterocycles. The van der Waals surface area contributed by atoms with E-state index in [4.69, 9.17) is 0 Å². The molecule has 2 aromatic carbocycles. The van der Waals surface area contributed by atoms with Crippen LogP contribution in [-0.4, -0.2) is 54.8 Å². The molecule has 0 aromatic heterocycles. The molecule has 0 unspecified atom stereocenters. The Morgan fingerprint density at radius 1 is 1.11 bits per heavy atom. The SMILES string of the molecule is CC(=O)c1cccc(NC(=O)N[C@@H]2CCNC[C@H]2C(=O)N2CCC[C@@H](Cc3ccc(F)cc3)C2)c1. The zero-order valence-corrected chi connectivity index (χ0v) is 20.1. The number of carbonyl (C=O) groups excluding carboxylic acids is 3. The molecule has 2 aromatic rings. The van der Waals surface area contributed by atoms with Gasteiger partial charge in [-0.05, 0) is 74.9 Å². The van der Waals surface area contributed by atoms with Crippen molar-refractivity contribution in [2.75, 3.05) is 31.5 Å². The molecule has 2 aliphatic rings. The number of anilines is 1. The number of piperidine rings is 2. The number of amides is 3. The van der Waals surface area contributed by atoms with Gasteiger partial charge < -0.3 is 20.9 Å². The highest BCUT2D eigenvalue weighted by atomic mass is 19.1. The van der Waals surface area contributed by atoms with Gasteiger partial charge in [0.15, 0.2) is 5.78 Å². The minimum Gasteiger partial charge on any atom is -0.342 e. The summed E-state index contributed by atoms with van der Waals surface area (Å²) < 4.78 is 13.2. The van der Waals surface area contributed by atoms with Gasteiger partial charge in [-0.1, -0.05) is 24.3 Å². The minimum atomic E-state index is -0.386. The molecule has 0 saturated carbocycles. The summed E-state index contributed by atoms with van der Waals surface area (Å²) in [6.45, 7) is 4.11. The van der Waals surface area contributed by atoms with Crippen LogP contribution < -0.4 is 16.0 Å². The Balaban J connectivity index is 1.36. The summed E-state index contributed by atoms with van der Waals surface area (Å²) in [6, 6.07) is 12.7. The van der Waals surface area contributed by atoms with Crippen molar-refractivity contribution in [3.63, 3.8) is 0 Å². The molecule has 35 heavy (non-hydrogen) atoms. The van der Waals surface area contributed by atoms with Gasteiger partial charge in [-0.25, -0.2) is 9.18 Å². The highest BCUT2D eigenvalue weighted by molar-refractivity contribution is 5.96. The van der Waals surface area contributed by atoms with Gasteiger partial charge in [0.2, 0.25) is 5.91 Å². The first-order valence-electron chi connectivity index (χ1n) is 12.3. The number of nitrogens with one attached hydrogen (secondary N) is 3. The summed E-state index contributed by atoms with van der Waals surface area (Å²) in [4.78, 5) is 39.7. The lowest BCUT2D eigenvalue weighted by atomic mass is 9.88. The molecule has 7 nitrogen and oxygen atoms in total. The number of likely N-dealkylation sites (tertiary alicyclic amines) is 1. The van der Waals surface area contributed by atoms with Crippen LogP contribution in [0, 0.1) is 17.7 Å². The third-order valence-electron chi connectivity index (χ3n) is 6.91. The van der Waals surface area contributed by atoms with E-state index < -0.39 is 0 Å². The fraction of sp³-hybridized carbons (Fsp3) is 0.444. The maximum atomic E-state index is 13.5. The Morgan fingerprint density at radius 2 is 1.91 bits per heavy atom. The highest BCUT2D eigenvalue weighted by Gasteiger charge is 2.36. The van der Waals surface area contributed by atoms with E-state index in [1.807, 2.05) is 17.0 Å². The second kappa shape index (κ2) is 11.4. The number of benzene rings is 2. The molecular formula is C27H33FN4O3. The Bertz CT molecular complexity index is 1060. The van der Waals surface area contributed by atoms with E-state index in [1.165, 1.54) is 19.1 Å². The molecule has 0 bridgehead atoms. The molecule has 3 N–H and O–H groups in total. The fourth-order valence-corrected chi connectivity index (χ4v) is 5.06. The fourth-order valence-electron chi connectivity index (χ4n) is 5.06. The van der Waals surface area contributed by atoms with Gasteiger partial charge >= 0.3 is 6.03 Å². The van der Waals surface area contributed by atoms with E-state index in [1.54, 1.807) is 24.3 Å². The maximum absolute atomic E-state index is 13.5. The molecule has 0 aliphatic carbocycles. The topological polar surface area (TPSA) is 90.5 Å². The normalized spacial score (nSPS) is 22.3. The van der Waals surface area contributed by atoms with Crippen molar-refractivity contribution in [3.8, 4) is 0 Å². The zero-order valence-electron chi connectivity index (χ0n) is 20.1. The average molecular weight is 481 g/mol. The summed E-state index contributed by atoms with van der Waals surface area (Å²) in [7, 11) is 0. The van der Waals surface area contributed by atoms with Gasteiger partial charge in [0.1, 0.15) is 5.82 Å². The molecule has 2 aliphatic heterocycles. The number of hydrogen-bond donors (Lipinski definition) is 3. The van der Waals surface area contributed by atoms with Crippen molar-refractivity contribution in [2.24, 2.45) is 11.8 Å². The second-order valence-electron chi connectivity index (χ2n) is 9.56. The van der Waals surface area contributed by atoms with Crippen LogP contribution in [0.3, 0.4) is 0 Å². The van der Waals surface area contributed by atoms with E-state index in [0.29, 0.717) is 43.2 Å². The van der Waals surface area contributed by atoms with Crippen molar-refractivity contribution >= 4 is 23.4 Å². The summed E-state index contributed by atoms with van der Waals surface area (Å²) in [5.74, 6) is -0.268. The van der Waals surface area contributed by atoms with Crippen LogP contribution in [0.4, 0.5) is 14.9 Å². The quantitative estimate of drug-likeness (QED) is 0.551. The van der Waals surface area contributed by atoms with Crippen LogP contribution in [0.1, 0.15) is 42.1 Å². The van der Waals surface area contributed by atoms with Crippen LogP contribution in [0.25, 0.3) is 0 Å². The molecule has 0 radical (unpaired) electrons. The van der Waals surface area contributed by atoms with Crippen LogP contribution in [-0.2, 0) is 11.2 Å². The van der Waals surface area contributed by atoms with E-state index in [2.05, 4.69) is 16.0 Å². The Kier molecular flexibility index (Phi) is 8.13. The maximum Gasteiger partial charge on any atom is 0.319 e. The predicted molar refractivity (Wildman–Crippen MR) is 133 cm³/mol. The monoisotopic (exact) mass is 480 g/mol. The van der Waals surface area contributed by atoms with Crippen LogP contribution in [0.5, 0.6) is 0 Å². The molecule has 186 valence electrons. The van der Waals surface area contributed by atoms with Gasteiger partial charge in [0, 0.05) is 36.9 Å². The van der Waals surface area contributed by atoms with Crippen molar-refractivity contribution in [3.05, 3.63) is 65.5 Å². The number of halogens is 1. The van der Waals surface area contributed by atoms with Gasteiger partial charge in [0.25, 0.3) is 0 Å². The first-order chi connectivity index (χ1) is 16.9. The number of Topliss-reactive ketones (excluding diaryl/α,β-unsaturated/α-hetero) is 1. The van der Waals surface area contributed by atoms with Gasteiger partial charge in [-0.3, -0.25) is 9.59 Å². The summed E-state index contributed by atoms with van der Waals surface area (Å²) in [6.07, 6.45) is 3.44. The Labute approximate surface area is 205 Å². The van der Waals surface area contributed by atoms with Gasteiger partial charge in [-0.15, -0.1) is 0 Å². The lowest BCUT2D eigenvalue weighted by Gasteiger charge is -2.39. The molecule has 2 saturated heterocycles. The summed E-state index contributed by atoms with van der Waals surface area (Å²) in [5.41, 5.74) is 2.14. The summed E-state index contributed by atoms with van der Waals surface area (Å²) in [5, 5.41) is 9.06. The van der Waals surface area contributed by atoms with Crippen LogP contribution in [0.2, 0.25) is 0 Å². The van der Waals surface area contributed by atoms with Gasteiger partial charge in [-0.2, -0.15) is 0 Å². The molecule has 3 amide bonds. The number of urea groups is 1. The Hall–Kier alpha value is -3.26. The minimum absolute atomic E-state index is 0.0601. The van der Waals surface area contributed by atoms with Crippen molar-refractivity contribution in [2.45, 2.75) is 38.6 Å². The smallest absolute Gasteiger partial charge is 0.319 e. The predicted octanol–water partition coefficient (Wildman–Crippen LogP) is 3.61. The summed E-state index contributed by atoms with van der Waals surface area (Å²) >= 11 is 0. The molecule has 2 fully saturated rings. The van der Waals surface area contributed by atoms with Crippen molar-refractivity contribution in [1.29, 1.82) is 0 Å². The number of carbonyl (C=O) groups is 3. The average Bonchev–Trinajstić information content (AvgIpc) is 2.85. The highest BCUT2D eigenvalue weighted by Crippen LogP contribution is 2.24. The third-order valence-corrected chi connectivity index (χ3v) is 6.91. The number of ketones is 1. The molecule has 0 spiro atoms. The lowest BCUT2D eigenvalue weighted by Crippen LogP contribution is -2.57. The van der Waals surface area contributed by atoms with Crippen LogP contribution in [0.15, 0.2) is 48.5 Å². The van der Waals surface area contributed by atoms with Crippen molar-refractivity contribution < 1.29 is 18.8 Å². The van der Waals surface area contributed by atoms with E-state index in [0.717, 1.165) is 31.4 Å². The molecule has 8 heteroatoms. The lowest BCUT2D eigenvalue weighted by molar-refractivity contribution is -0.138. The molecule has 3 atom stereocenters. The van der Waals surface area contributed by atoms with E-state index >= 15 is 0 Å². The molecule has 4 rings (SSSR count). The van der Waals surface area contributed by atoms with E-state index in [9.17, 15) is 18.8 Å². The van der Waals surface area contributed by atoms with E-state index in [-0.39, 0.29) is 35.5 Å². The van der Waals surface area contributed by atoms with Gasteiger partial charge in [0.05, 0.1) is 5.92 Å². The largest absolute Gasteiger partial charge is 0.342 e.